The molecule has 1 aromatic carbocycles. The maximum atomic E-state index is 4.49. The number of fused-ring (bicyclic) bond motifs is 3. The highest BCUT2D eigenvalue weighted by Crippen LogP contribution is 2.33. The molecule has 3 rings (SSSR count). The smallest absolute Gasteiger partial charge is 0.119 e. The molecule has 0 amide bonds. The number of rotatable bonds is 1. The van der Waals surface area contributed by atoms with E-state index in [0.29, 0.717) is 0 Å². The first-order chi connectivity index (χ1) is 9.19. The van der Waals surface area contributed by atoms with Gasteiger partial charge in [-0.1, -0.05) is 6.07 Å². The molecule has 98 valence electrons. The van der Waals surface area contributed by atoms with E-state index in [9.17, 15) is 0 Å². The van der Waals surface area contributed by atoms with Crippen LogP contribution in [0.5, 0.6) is 0 Å². The fourth-order valence-corrected chi connectivity index (χ4v) is 3.08. The van der Waals surface area contributed by atoms with Gasteiger partial charge in [0.2, 0.25) is 0 Å². The lowest BCUT2D eigenvalue weighted by Crippen LogP contribution is -1.97. The lowest BCUT2D eigenvalue weighted by Gasteiger charge is -2.11. The molecule has 1 aliphatic rings. The predicted octanol–water partition coefficient (Wildman–Crippen LogP) is 3.97. The number of benzene rings is 1. The van der Waals surface area contributed by atoms with Gasteiger partial charge in [0, 0.05) is 5.56 Å². The van der Waals surface area contributed by atoms with Crippen LogP contribution in [0.4, 0.5) is 0 Å². The van der Waals surface area contributed by atoms with Crippen LogP contribution in [0.1, 0.15) is 28.7 Å². The van der Waals surface area contributed by atoms with Crippen molar-refractivity contribution in [3.05, 3.63) is 40.5 Å². The highest BCUT2D eigenvalue weighted by atomic mass is 32.2. The first-order valence-corrected chi connectivity index (χ1v) is 7.92. The zero-order valence-corrected chi connectivity index (χ0v) is 12.5. The van der Waals surface area contributed by atoms with E-state index in [1.54, 1.807) is 11.8 Å². The summed E-state index contributed by atoms with van der Waals surface area (Å²) in [6.45, 7) is 4.35. The molecule has 1 heterocycles. The molecule has 19 heavy (non-hydrogen) atoms. The summed E-state index contributed by atoms with van der Waals surface area (Å²) in [5, 5.41) is 9.83. The fraction of sp³-hybridized carbons (Fsp3) is 0.375. The second-order valence-electron chi connectivity index (χ2n) is 5.21. The third-order valence-corrected chi connectivity index (χ3v) is 4.54. The Morgan fingerprint density at radius 2 is 1.68 bits per heavy atom. The number of aryl methyl sites for hydroxylation is 4. The molecular weight excluding hydrogens is 252 g/mol. The molecule has 1 aromatic heterocycles. The summed E-state index contributed by atoms with van der Waals surface area (Å²) >= 11 is 1.66. The molecule has 2 nitrogen and oxygen atoms in total. The summed E-state index contributed by atoms with van der Waals surface area (Å²) in [6.07, 6.45) is 5.49. The Bertz CT molecular complexity index is 635. The van der Waals surface area contributed by atoms with Crippen molar-refractivity contribution in [1.29, 1.82) is 0 Å². The van der Waals surface area contributed by atoms with E-state index in [0.717, 1.165) is 23.6 Å². The van der Waals surface area contributed by atoms with Gasteiger partial charge in [0.05, 0.1) is 5.69 Å². The van der Waals surface area contributed by atoms with Crippen molar-refractivity contribution >= 4 is 11.8 Å². The zero-order valence-electron chi connectivity index (χ0n) is 11.7. The van der Waals surface area contributed by atoms with Gasteiger partial charge in [0.1, 0.15) is 5.03 Å². The van der Waals surface area contributed by atoms with Gasteiger partial charge in [-0.3, -0.25) is 0 Å². The van der Waals surface area contributed by atoms with Gasteiger partial charge < -0.3 is 0 Å². The molecule has 0 fully saturated rings. The minimum Gasteiger partial charge on any atom is -0.149 e. The normalized spacial score (nSPS) is 13.6. The molecule has 3 heteroatoms. The Morgan fingerprint density at radius 3 is 2.47 bits per heavy atom. The quantitative estimate of drug-likeness (QED) is 0.733. The first kappa shape index (κ1) is 12.7. The Labute approximate surface area is 118 Å². The predicted molar refractivity (Wildman–Crippen MR) is 80.7 cm³/mol. The highest BCUT2D eigenvalue weighted by Gasteiger charge is 2.17. The van der Waals surface area contributed by atoms with Gasteiger partial charge >= 0.3 is 0 Å². The van der Waals surface area contributed by atoms with E-state index < -0.39 is 0 Å². The first-order valence-electron chi connectivity index (χ1n) is 6.70. The highest BCUT2D eigenvalue weighted by molar-refractivity contribution is 7.98. The molecule has 0 aliphatic heterocycles. The SMILES string of the molecule is CSc1cc2c(nn1)-c1cc(C)c(C)cc1CCC2. The van der Waals surface area contributed by atoms with Gasteiger partial charge in [-0.2, -0.15) is 0 Å². The van der Waals surface area contributed by atoms with Crippen molar-refractivity contribution in [2.75, 3.05) is 6.26 Å². The van der Waals surface area contributed by atoms with Gasteiger partial charge in [-0.25, -0.2) is 0 Å². The molecule has 0 atom stereocenters. The van der Waals surface area contributed by atoms with Crippen LogP contribution in [0.15, 0.2) is 23.2 Å². The molecular formula is C16H18N2S. The maximum Gasteiger partial charge on any atom is 0.119 e. The Morgan fingerprint density at radius 1 is 0.947 bits per heavy atom. The van der Waals surface area contributed by atoms with E-state index in [1.807, 2.05) is 0 Å². The van der Waals surface area contributed by atoms with Crippen molar-refractivity contribution in [3.63, 3.8) is 0 Å². The van der Waals surface area contributed by atoms with E-state index in [2.05, 4.69) is 48.5 Å². The monoisotopic (exact) mass is 270 g/mol. The average Bonchev–Trinajstić information content (AvgIpc) is 2.58. The molecule has 0 unspecified atom stereocenters. The minimum absolute atomic E-state index is 1.02. The third kappa shape index (κ3) is 2.27. The molecule has 0 bridgehead atoms. The van der Waals surface area contributed by atoms with Crippen molar-refractivity contribution in [1.82, 2.24) is 10.2 Å². The molecule has 1 aliphatic carbocycles. The number of hydrogen-bond acceptors (Lipinski definition) is 3. The van der Waals surface area contributed by atoms with Crippen LogP contribution in [0, 0.1) is 13.8 Å². The van der Waals surface area contributed by atoms with E-state index >= 15 is 0 Å². The van der Waals surface area contributed by atoms with Crippen LogP contribution in [0.3, 0.4) is 0 Å². The maximum absolute atomic E-state index is 4.49. The topological polar surface area (TPSA) is 25.8 Å². The van der Waals surface area contributed by atoms with E-state index in [-0.39, 0.29) is 0 Å². The summed E-state index contributed by atoms with van der Waals surface area (Å²) in [5.74, 6) is 0. The second kappa shape index (κ2) is 4.97. The van der Waals surface area contributed by atoms with Gasteiger partial charge in [0.15, 0.2) is 0 Å². The minimum atomic E-state index is 1.02. The van der Waals surface area contributed by atoms with Crippen molar-refractivity contribution in [3.8, 4) is 11.3 Å². The van der Waals surface area contributed by atoms with Gasteiger partial charge in [0.25, 0.3) is 0 Å². The Hall–Kier alpha value is -1.35. The van der Waals surface area contributed by atoms with E-state index in [4.69, 9.17) is 0 Å². The molecule has 2 aromatic rings. The number of nitrogens with zero attached hydrogens (tertiary/aromatic N) is 2. The lowest BCUT2D eigenvalue weighted by molar-refractivity contribution is 0.819. The van der Waals surface area contributed by atoms with Crippen molar-refractivity contribution in [2.45, 2.75) is 38.1 Å². The van der Waals surface area contributed by atoms with Crippen LogP contribution >= 0.6 is 11.8 Å². The Kier molecular flexibility index (Phi) is 3.31. The van der Waals surface area contributed by atoms with Crippen LogP contribution in [-0.4, -0.2) is 16.5 Å². The van der Waals surface area contributed by atoms with Crippen LogP contribution in [0.25, 0.3) is 11.3 Å². The van der Waals surface area contributed by atoms with Gasteiger partial charge in [-0.05, 0) is 73.8 Å². The molecule has 0 radical (unpaired) electrons. The van der Waals surface area contributed by atoms with Gasteiger partial charge in [-0.15, -0.1) is 22.0 Å². The molecule has 0 saturated carbocycles. The van der Waals surface area contributed by atoms with Crippen molar-refractivity contribution in [2.24, 2.45) is 0 Å². The summed E-state index contributed by atoms with van der Waals surface area (Å²) in [6, 6.07) is 6.81. The third-order valence-electron chi connectivity index (χ3n) is 3.93. The van der Waals surface area contributed by atoms with Crippen LogP contribution < -0.4 is 0 Å². The van der Waals surface area contributed by atoms with Crippen LogP contribution in [0.2, 0.25) is 0 Å². The second-order valence-corrected chi connectivity index (χ2v) is 6.03. The number of thioether (sulfide) groups is 1. The van der Waals surface area contributed by atoms with Crippen molar-refractivity contribution < 1.29 is 0 Å². The fourth-order valence-electron chi connectivity index (χ4n) is 2.70. The number of hydrogen-bond donors (Lipinski definition) is 0. The zero-order chi connectivity index (χ0) is 13.4. The number of aromatic nitrogens is 2. The molecule has 0 spiro atoms. The Balaban J connectivity index is 2.21. The van der Waals surface area contributed by atoms with E-state index in [1.165, 1.54) is 34.2 Å². The molecule has 0 saturated heterocycles. The summed E-state index contributed by atoms with van der Waals surface area (Å²) in [5.41, 5.74) is 7.86. The molecule has 0 N–H and O–H groups in total. The average molecular weight is 270 g/mol. The lowest BCUT2D eigenvalue weighted by atomic mass is 9.96. The summed E-state index contributed by atoms with van der Waals surface area (Å²) < 4.78 is 0. The summed E-state index contributed by atoms with van der Waals surface area (Å²) in [4.78, 5) is 0. The standard InChI is InChI=1S/C16H18N2S/c1-10-7-12-5-4-6-13-9-15(19-3)17-18-16(13)14(12)8-11(10)2/h7-9H,4-6H2,1-3H3. The summed E-state index contributed by atoms with van der Waals surface area (Å²) in [7, 11) is 0. The van der Waals surface area contributed by atoms with Crippen LogP contribution in [-0.2, 0) is 12.8 Å². The largest absolute Gasteiger partial charge is 0.149 e.